The van der Waals surface area contributed by atoms with E-state index >= 15 is 0 Å². The molecule has 1 aliphatic carbocycles. The van der Waals surface area contributed by atoms with Crippen LogP contribution in [-0.2, 0) is 6.42 Å². The highest BCUT2D eigenvalue weighted by atomic mass is 16.3. The van der Waals surface area contributed by atoms with E-state index in [4.69, 9.17) is 0 Å². The Bertz CT molecular complexity index is 670. The molecule has 1 aromatic heterocycles. The summed E-state index contributed by atoms with van der Waals surface area (Å²) in [6.45, 7) is 1.18. The van der Waals surface area contributed by atoms with E-state index in [9.17, 15) is 5.11 Å². The van der Waals surface area contributed by atoms with Gasteiger partial charge in [0.15, 0.2) is 0 Å². The van der Waals surface area contributed by atoms with E-state index in [1.807, 2.05) is 0 Å². The van der Waals surface area contributed by atoms with E-state index in [2.05, 4.69) is 47.4 Å². The number of aromatic nitrogens is 1. The van der Waals surface area contributed by atoms with Crippen molar-refractivity contribution in [3.8, 4) is 0 Å². The fraction of sp³-hybridized carbons (Fsp3) is 0.375. The molecule has 1 aliphatic heterocycles. The van der Waals surface area contributed by atoms with E-state index < -0.39 is 0 Å². The van der Waals surface area contributed by atoms with Crippen molar-refractivity contribution in [2.24, 2.45) is 5.92 Å². The zero-order valence-electron chi connectivity index (χ0n) is 11.1. The molecule has 2 aliphatic rings. The molecule has 3 nitrogen and oxygen atoms in total. The van der Waals surface area contributed by atoms with Gasteiger partial charge in [0.1, 0.15) is 0 Å². The van der Waals surface area contributed by atoms with Gasteiger partial charge in [-0.3, -0.25) is 4.90 Å². The fourth-order valence-corrected chi connectivity index (χ4v) is 3.66. The van der Waals surface area contributed by atoms with Gasteiger partial charge in [0.25, 0.3) is 0 Å². The van der Waals surface area contributed by atoms with Crippen molar-refractivity contribution >= 4 is 16.5 Å². The first-order valence-corrected chi connectivity index (χ1v) is 6.90. The first kappa shape index (κ1) is 11.3. The molecule has 2 heterocycles. The standard InChI is InChI=1S/C16H18N2O/c1-18-8-10(9-19)5-13-12-3-2-4-14-16(12)11(7-17-14)6-15(13)18/h2-5,7,10,15,17,19H,6,8-9H2,1H3/t10?,15-/m0/s1. The topological polar surface area (TPSA) is 39.3 Å². The average Bonchev–Trinajstić information content (AvgIpc) is 2.85. The SMILES string of the molecule is CN1CC(CO)C=C2c3cccc4[nH]cc(c34)C[C@@H]21. The van der Waals surface area contributed by atoms with Gasteiger partial charge in [0.05, 0.1) is 6.61 Å². The maximum atomic E-state index is 9.47. The number of nitrogens with zero attached hydrogens (tertiary/aromatic N) is 1. The van der Waals surface area contributed by atoms with Crippen molar-refractivity contribution in [2.75, 3.05) is 20.2 Å². The Morgan fingerprint density at radius 2 is 2.32 bits per heavy atom. The number of hydrogen-bond donors (Lipinski definition) is 2. The number of aliphatic hydroxyl groups is 1. The fourth-order valence-electron chi connectivity index (χ4n) is 3.66. The van der Waals surface area contributed by atoms with Crippen LogP contribution < -0.4 is 0 Å². The molecule has 0 radical (unpaired) electrons. The van der Waals surface area contributed by atoms with Gasteiger partial charge in [-0.05, 0) is 36.2 Å². The third-order valence-corrected chi connectivity index (χ3v) is 4.58. The number of aromatic amines is 1. The van der Waals surface area contributed by atoms with Crippen LogP contribution >= 0.6 is 0 Å². The second kappa shape index (κ2) is 3.95. The van der Waals surface area contributed by atoms with Crippen LogP contribution in [0.4, 0.5) is 0 Å². The third-order valence-electron chi connectivity index (χ3n) is 4.58. The Morgan fingerprint density at radius 1 is 1.42 bits per heavy atom. The van der Waals surface area contributed by atoms with E-state index in [1.165, 1.54) is 27.6 Å². The lowest BCUT2D eigenvalue weighted by molar-refractivity contribution is 0.181. The van der Waals surface area contributed by atoms with Crippen LogP contribution in [0.15, 0.2) is 30.5 Å². The molecule has 98 valence electrons. The van der Waals surface area contributed by atoms with Crippen molar-refractivity contribution < 1.29 is 5.11 Å². The lowest BCUT2D eigenvalue weighted by atomic mass is 9.80. The number of hydrogen-bond acceptors (Lipinski definition) is 2. The average molecular weight is 254 g/mol. The molecule has 3 heteroatoms. The Kier molecular flexibility index (Phi) is 2.34. The Hall–Kier alpha value is -1.58. The van der Waals surface area contributed by atoms with Crippen LogP contribution in [0.3, 0.4) is 0 Å². The second-order valence-corrected chi connectivity index (χ2v) is 5.77. The molecule has 0 saturated heterocycles. The molecule has 0 fully saturated rings. The van der Waals surface area contributed by atoms with Crippen LogP contribution in [-0.4, -0.2) is 41.2 Å². The van der Waals surface area contributed by atoms with E-state index in [0.29, 0.717) is 6.04 Å². The molecule has 19 heavy (non-hydrogen) atoms. The van der Waals surface area contributed by atoms with Crippen molar-refractivity contribution in [3.05, 3.63) is 41.6 Å². The van der Waals surface area contributed by atoms with Gasteiger partial charge in [-0.15, -0.1) is 0 Å². The molecule has 0 amide bonds. The molecule has 2 aromatic rings. The summed E-state index contributed by atoms with van der Waals surface area (Å²) >= 11 is 0. The van der Waals surface area contributed by atoms with Crippen LogP contribution in [0.25, 0.3) is 16.5 Å². The molecular weight excluding hydrogens is 236 g/mol. The van der Waals surface area contributed by atoms with Gasteiger partial charge in [0.2, 0.25) is 0 Å². The lowest BCUT2D eigenvalue weighted by Crippen LogP contribution is -2.43. The largest absolute Gasteiger partial charge is 0.396 e. The van der Waals surface area contributed by atoms with Crippen LogP contribution in [0, 0.1) is 5.92 Å². The minimum absolute atomic E-state index is 0.233. The number of aliphatic hydroxyl groups excluding tert-OH is 1. The van der Waals surface area contributed by atoms with Gasteiger partial charge >= 0.3 is 0 Å². The highest BCUT2D eigenvalue weighted by molar-refractivity contribution is 5.98. The highest BCUT2D eigenvalue weighted by Gasteiger charge is 2.33. The summed E-state index contributed by atoms with van der Waals surface area (Å²) < 4.78 is 0. The predicted molar refractivity (Wildman–Crippen MR) is 77.0 cm³/mol. The number of H-pyrrole nitrogens is 1. The number of fused-ring (bicyclic) bond motifs is 2. The molecule has 1 unspecified atom stereocenters. The number of rotatable bonds is 1. The monoisotopic (exact) mass is 254 g/mol. The van der Waals surface area contributed by atoms with E-state index in [-0.39, 0.29) is 12.5 Å². The molecule has 0 saturated carbocycles. The van der Waals surface area contributed by atoms with E-state index in [0.717, 1.165) is 13.0 Å². The number of nitrogens with one attached hydrogen (secondary N) is 1. The first-order chi connectivity index (χ1) is 9.28. The zero-order valence-corrected chi connectivity index (χ0v) is 11.1. The molecular formula is C16H18N2O. The maximum Gasteiger partial charge on any atom is 0.0506 e. The summed E-state index contributed by atoms with van der Waals surface area (Å²) in [6, 6.07) is 6.92. The lowest BCUT2D eigenvalue weighted by Gasteiger charge is -2.39. The van der Waals surface area contributed by atoms with Crippen LogP contribution in [0.2, 0.25) is 0 Å². The summed E-state index contributed by atoms with van der Waals surface area (Å²) in [5.74, 6) is 0.256. The quantitative estimate of drug-likeness (QED) is 0.817. The molecule has 1 aromatic carbocycles. The summed E-state index contributed by atoms with van der Waals surface area (Å²) in [7, 11) is 2.16. The Morgan fingerprint density at radius 3 is 3.16 bits per heavy atom. The van der Waals surface area contributed by atoms with Gasteiger partial charge in [-0.2, -0.15) is 0 Å². The predicted octanol–water partition coefficient (Wildman–Crippen LogP) is 2.03. The summed E-state index contributed by atoms with van der Waals surface area (Å²) in [5.41, 5.74) is 5.38. The molecule has 0 spiro atoms. The van der Waals surface area contributed by atoms with Crippen molar-refractivity contribution in [2.45, 2.75) is 12.5 Å². The minimum atomic E-state index is 0.233. The minimum Gasteiger partial charge on any atom is -0.396 e. The molecule has 2 N–H and O–H groups in total. The molecule has 0 bridgehead atoms. The van der Waals surface area contributed by atoms with Crippen LogP contribution in [0.1, 0.15) is 11.1 Å². The van der Waals surface area contributed by atoms with Gasteiger partial charge < -0.3 is 10.1 Å². The van der Waals surface area contributed by atoms with Crippen molar-refractivity contribution in [3.63, 3.8) is 0 Å². The zero-order chi connectivity index (χ0) is 13.0. The van der Waals surface area contributed by atoms with Gasteiger partial charge in [-0.25, -0.2) is 0 Å². The smallest absolute Gasteiger partial charge is 0.0506 e. The summed E-state index contributed by atoms with van der Waals surface area (Å²) in [5, 5.41) is 10.8. The molecule has 4 rings (SSSR count). The highest BCUT2D eigenvalue weighted by Crippen LogP contribution is 2.40. The summed E-state index contributed by atoms with van der Waals surface area (Å²) in [6.07, 6.45) is 5.50. The normalized spacial score (nSPS) is 26.3. The number of benzene rings is 1. The Balaban J connectivity index is 1.97. The van der Waals surface area contributed by atoms with Gasteiger partial charge in [-0.1, -0.05) is 18.2 Å². The van der Waals surface area contributed by atoms with Crippen molar-refractivity contribution in [1.82, 2.24) is 9.88 Å². The molecule has 2 atom stereocenters. The first-order valence-electron chi connectivity index (χ1n) is 6.90. The summed E-state index contributed by atoms with van der Waals surface area (Å²) in [4.78, 5) is 5.75. The van der Waals surface area contributed by atoms with Crippen molar-refractivity contribution in [1.29, 1.82) is 0 Å². The maximum absolute atomic E-state index is 9.47. The number of likely N-dealkylation sites (N-methyl/N-ethyl adjacent to an activating group) is 1. The third kappa shape index (κ3) is 1.52. The Labute approximate surface area is 112 Å². The van der Waals surface area contributed by atoms with E-state index in [1.54, 1.807) is 0 Å². The second-order valence-electron chi connectivity index (χ2n) is 5.77. The van der Waals surface area contributed by atoms with Crippen LogP contribution in [0.5, 0.6) is 0 Å². The van der Waals surface area contributed by atoms with Gasteiger partial charge in [0, 0.05) is 35.6 Å².